The zero-order chi connectivity index (χ0) is 14.9. The molecule has 0 radical (unpaired) electrons. The molecule has 1 unspecified atom stereocenters. The van der Waals surface area contributed by atoms with Crippen LogP contribution in [0.4, 0.5) is 10.5 Å². The van der Waals surface area contributed by atoms with Crippen LogP contribution >= 0.6 is 0 Å². The Morgan fingerprint density at radius 3 is 2.35 bits per heavy atom. The van der Waals surface area contributed by atoms with Crippen LogP contribution in [0.15, 0.2) is 12.1 Å². The molecular weight excluding hydrogens is 262 g/mol. The van der Waals surface area contributed by atoms with E-state index in [1.165, 1.54) is 26.2 Å². The van der Waals surface area contributed by atoms with E-state index in [4.69, 9.17) is 14.2 Å². The molecule has 2 rings (SSSR count). The number of fused-ring (bicyclic) bond motifs is 1. The fourth-order valence-corrected chi connectivity index (χ4v) is 2.37. The molecule has 20 heavy (non-hydrogen) atoms. The molecule has 1 aromatic rings. The van der Waals surface area contributed by atoms with Crippen LogP contribution in [0.1, 0.15) is 23.7 Å². The van der Waals surface area contributed by atoms with Crippen molar-refractivity contribution in [3.63, 3.8) is 0 Å². The van der Waals surface area contributed by atoms with E-state index in [0.717, 1.165) is 0 Å². The third-order valence-corrected chi connectivity index (χ3v) is 3.35. The highest BCUT2D eigenvalue weighted by Gasteiger charge is 2.34. The Labute approximate surface area is 117 Å². The molecule has 1 amide bonds. The SMILES string of the molecule is COC(=O)N1c2cc(OC)c(OC)cc2C(=O)CC1C. The van der Waals surface area contributed by atoms with Crippen LogP contribution in [0.3, 0.4) is 0 Å². The Bertz CT molecular complexity index is 555. The van der Waals surface area contributed by atoms with Gasteiger partial charge in [-0.3, -0.25) is 9.69 Å². The molecule has 0 saturated heterocycles. The Balaban J connectivity index is 2.62. The lowest BCUT2D eigenvalue weighted by molar-refractivity contribution is 0.0967. The van der Waals surface area contributed by atoms with Crippen molar-refractivity contribution in [2.75, 3.05) is 26.2 Å². The Hall–Kier alpha value is -2.24. The first-order valence-corrected chi connectivity index (χ1v) is 6.19. The van der Waals surface area contributed by atoms with Crippen LogP contribution in [0.2, 0.25) is 0 Å². The van der Waals surface area contributed by atoms with Gasteiger partial charge in [0.1, 0.15) is 0 Å². The molecule has 1 atom stereocenters. The van der Waals surface area contributed by atoms with E-state index in [1.807, 2.05) is 0 Å². The predicted molar refractivity (Wildman–Crippen MR) is 72.8 cm³/mol. The van der Waals surface area contributed by atoms with Crippen LogP contribution in [-0.4, -0.2) is 39.2 Å². The Morgan fingerprint density at radius 2 is 1.80 bits per heavy atom. The van der Waals surface area contributed by atoms with E-state index in [-0.39, 0.29) is 18.2 Å². The van der Waals surface area contributed by atoms with Crippen molar-refractivity contribution in [2.24, 2.45) is 0 Å². The summed E-state index contributed by atoms with van der Waals surface area (Å²) in [6.07, 6.45) is -0.254. The number of Topliss-reactive ketones (excluding diaryl/α,β-unsaturated/α-hetero) is 1. The summed E-state index contributed by atoms with van der Waals surface area (Å²) in [5.74, 6) is 0.884. The topological polar surface area (TPSA) is 65.1 Å². The monoisotopic (exact) mass is 279 g/mol. The maximum Gasteiger partial charge on any atom is 0.414 e. The first-order chi connectivity index (χ1) is 9.53. The van der Waals surface area contributed by atoms with E-state index in [2.05, 4.69) is 0 Å². The van der Waals surface area contributed by atoms with E-state index in [0.29, 0.717) is 22.7 Å². The smallest absolute Gasteiger partial charge is 0.414 e. The van der Waals surface area contributed by atoms with E-state index >= 15 is 0 Å². The lowest BCUT2D eigenvalue weighted by Gasteiger charge is -2.33. The van der Waals surface area contributed by atoms with Crippen LogP contribution < -0.4 is 14.4 Å². The summed E-state index contributed by atoms with van der Waals surface area (Å²) in [5.41, 5.74) is 0.921. The van der Waals surface area contributed by atoms with Crippen molar-refractivity contribution in [2.45, 2.75) is 19.4 Å². The molecule has 6 heteroatoms. The molecule has 1 heterocycles. The minimum absolute atomic E-state index is 0.0337. The van der Waals surface area contributed by atoms with Gasteiger partial charge in [0.05, 0.1) is 27.0 Å². The second-order valence-electron chi connectivity index (χ2n) is 4.54. The largest absolute Gasteiger partial charge is 0.493 e. The first-order valence-electron chi connectivity index (χ1n) is 6.19. The number of methoxy groups -OCH3 is 3. The number of hydrogen-bond donors (Lipinski definition) is 0. The molecule has 0 N–H and O–H groups in total. The number of ether oxygens (including phenoxy) is 3. The number of nitrogens with zero attached hydrogens (tertiary/aromatic N) is 1. The zero-order valence-corrected chi connectivity index (χ0v) is 11.9. The van der Waals surface area contributed by atoms with Gasteiger partial charge in [-0.25, -0.2) is 4.79 Å². The van der Waals surface area contributed by atoms with Gasteiger partial charge in [0.15, 0.2) is 17.3 Å². The second kappa shape index (κ2) is 5.40. The van der Waals surface area contributed by atoms with Crippen molar-refractivity contribution < 1.29 is 23.8 Å². The van der Waals surface area contributed by atoms with Gasteiger partial charge < -0.3 is 14.2 Å². The summed E-state index contributed by atoms with van der Waals surface area (Å²) in [4.78, 5) is 25.5. The van der Waals surface area contributed by atoms with Gasteiger partial charge in [-0.2, -0.15) is 0 Å². The molecule has 0 fully saturated rings. The molecule has 0 bridgehead atoms. The number of carbonyl (C=O) groups excluding carboxylic acids is 2. The van der Waals surface area contributed by atoms with Crippen molar-refractivity contribution in [1.29, 1.82) is 0 Å². The third kappa shape index (κ3) is 2.17. The van der Waals surface area contributed by atoms with E-state index in [9.17, 15) is 9.59 Å². The Morgan fingerprint density at radius 1 is 1.20 bits per heavy atom. The maximum atomic E-state index is 12.1. The number of amides is 1. The molecule has 0 aromatic heterocycles. The van der Waals surface area contributed by atoms with Crippen LogP contribution in [-0.2, 0) is 4.74 Å². The number of benzene rings is 1. The minimum Gasteiger partial charge on any atom is -0.493 e. The number of rotatable bonds is 2. The van der Waals surface area contributed by atoms with E-state index in [1.54, 1.807) is 19.1 Å². The van der Waals surface area contributed by atoms with Crippen molar-refractivity contribution in [3.05, 3.63) is 17.7 Å². The highest BCUT2D eigenvalue weighted by Crippen LogP contribution is 2.39. The van der Waals surface area contributed by atoms with Gasteiger partial charge in [0.2, 0.25) is 0 Å². The summed E-state index contributed by atoms with van der Waals surface area (Å²) < 4.78 is 15.2. The lowest BCUT2D eigenvalue weighted by atomic mass is 9.95. The lowest BCUT2D eigenvalue weighted by Crippen LogP contribution is -2.43. The molecule has 0 aliphatic carbocycles. The van der Waals surface area contributed by atoms with Gasteiger partial charge >= 0.3 is 6.09 Å². The maximum absolute atomic E-state index is 12.1. The predicted octanol–water partition coefficient (Wildman–Crippen LogP) is 2.25. The zero-order valence-electron chi connectivity index (χ0n) is 11.9. The summed E-state index contributed by atoms with van der Waals surface area (Å²) in [6, 6.07) is 2.96. The summed E-state index contributed by atoms with van der Waals surface area (Å²) in [7, 11) is 4.31. The minimum atomic E-state index is -0.501. The fraction of sp³-hybridized carbons (Fsp3) is 0.429. The van der Waals surface area contributed by atoms with Crippen LogP contribution in [0.25, 0.3) is 0 Å². The van der Waals surface area contributed by atoms with Crippen molar-refractivity contribution in [1.82, 2.24) is 0 Å². The molecule has 6 nitrogen and oxygen atoms in total. The quantitative estimate of drug-likeness (QED) is 0.830. The highest BCUT2D eigenvalue weighted by atomic mass is 16.5. The number of hydrogen-bond acceptors (Lipinski definition) is 5. The average molecular weight is 279 g/mol. The van der Waals surface area contributed by atoms with Gasteiger partial charge in [-0.1, -0.05) is 0 Å². The number of anilines is 1. The second-order valence-corrected chi connectivity index (χ2v) is 4.54. The summed E-state index contributed by atoms with van der Waals surface area (Å²) in [6.45, 7) is 1.80. The number of ketones is 1. The van der Waals surface area contributed by atoms with Crippen LogP contribution in [0.5, 0.6) is 11.5 Å². The van der Waals surface area contributed by atoms with Gasteiger partial charge in [0.25, 0.3) is 0 Å². The molecule has 1 aliphatic rings. The van der Waals surface area contributed by atoms with Gasteiger partial charge in [-0.15, -0.1) is 0 Å². The molecule has 108 valence electrons. The number of carbonyl (C=O) groups is 2. The third-order valence-electron chi connectivity index (χ3n) is 3.35. The summed E-state index contributed by atoms with van der Waals surface area (Å²) >= 11 is 0. The molecule has 0 spiro atoms. The fourth-order valence-electron chi connectivity index (χ4n) is 2.37. The van der Waals surface area contributed by atoms with Crippen LogP contribution in [0, 0.1) is 0 Å². The van der Waals surface area contributed by atoms with E-state index < -0.39 is 6.09 Å². The summed E-state index contributed by atoms with van der Waals surface area (Å²) in [5, 5.41) is 0. The average Bonchev–Trinajstić information content (AvgIpc) is 2.45. The first kappa shape index (κ1) is 14.2. The van der Waals surface area contributed by atoms with Crippen molar-refractivity contribution in [3.8, 4) is 11.5 Å². The molecule has 0 saturated carbocycles. The molecule has 1 aromatic carbocycles. The van der Waals surface area contributed by atoms with Crippen molar-refractivity contribution >= 4 is 17.6 Å². The highest BCUT2D eigenvalue weighted by molar-refractivity contribution is 6.08. The normalized spacial score (nSPS) is 17.5. The molecule has 1 aliphatic heterocycles. The van der Waals surface area contributed by atoms with Gasteiger partial charge in [-0.05, 0) is 13.0 Å². The van der Waals surface area contributed by atoms with Gasteiger partial charge in [0, 0.05) is 24.1 Å². The Kier molecular flexibility index (Phi) is 3.83. The standard InChI is InChI=1S/C14H17NO5/c1-8-5-11(16)9-6-12(18-2)13(19-3)7-10(9)15(8)14(17)20-4/h6-8H,5H2,1-4H3. The molecular formula is C14H17NO5.